The Bertz CT molecular complexity index is 667. The lowest BCUT2D eigenvalue weighted by Gasteiger charge is -2.20. The third-order valence-electron chi connectivity index (χ3n) is 3.45. The number of nitrogens with zero attached hydrogens (tertiary/aromatic N) is 1. The molecule has 1 aliphatic rings. The van der Waals surface area contributed by atoms with Gasteiger partial charge in [0.15, 0.2) is 0 Å². The van der Waals surface area contributed by atoms with Crippen LogP contribution in [0.4, 0.5) is 11.4 Å². The van der Waals surface area contributed by atoms with Crippen LogP contribution in [-0.4, -0.2) is 20.1 Å². The number of para-hydroxylation sites is 1. The molecule has 0 N–H and O–H groups in total. The fraction of sp³-hybridized carbons (Fsp3) is 0.188. The lowest BCUT2D eigenvalue weighted by Crippen LogP contribution is -2.21. The molecule has 0 saturated heterocycles. The number of hydrogen-bond donors (Lipinski definition) is 0. The van der Waals surface area contributed by atoms with Gasteiger partial charge in [0.2, 0.25) is 5.91 Å². The molecule has 102 valence electrons. The third kappa shape index (κ3) is 1.90. The van der Waals surface area contributed by atoms with E-state index in [0.717, 1.165) is 16.9 Å². The van der Waals surface area contributed by atoms with Crippen molar-refractivity contribution in [3.05, 3.63) is 48.0 Å². The predicted octanol–water partition coefficient (Wildman–Crippen LogP) is 2.92. The second-order valence-corrected chi connectivity index (χ2v) is 4.57. The maximum Gasteiger partial charge on any atom is 0.236 e. The Morgan fingerprint density at radius 2 is 1.80 bits per heavy atom. The van der Waals surface area contributed by atoms with Gasteiger partial charge >= 0.3 is 0 Å². The second kappa shape index (κ2) is 4.89. The number of amides is 1. The largest absolute Gasteiger partial charge is 0.497 e. The molecule has 0 aliphatic carbocycles. The molecule has 2 aromatic carbocycles. The first-order chi connectivity index (χ1) is 9.74. The molecule has 0 fully saturated rings. The zero-order valence-electron chi connectivity index (χ0n) is 11.4. The standard InChI is InChI=1S/C16H15NO3/c1-19-12-7-8-14(15(10-12)20-2)17-13-6-4-3-5-11(13)9-16(17)18/h3-8,10H,9H2,1-2H3. The maximum absolute atomic E-state index is 12.3. The third-order valence-corrected chi connectivity index (χ3v) is 3.45. The lowest BCUT2D eigenvalue weighted by molar-refractivity contribution is -0.116. The van der Waals surface area contributed by atoms with Crippen LogP contribution in [0.25, 0.3) is 0 Å². The van der Waals surface area contributed by atoms with E-state index in [4.69, 9.17) is 9.47 Å². The van der Waals surface area contributed by atoms with Crippen molar-refractivity contribution in [3.63, 3.8) is 0 Å². The topological polar surface area (TPSA) is 38.8 Å². The maximum atomic E-state index is 12.3. The number of methoxy groups -OCH3 is 2. The van der Waals surface area contributed by atoms with Gasteiger partial charge in [0.05, 0.1) is 32.0 Å². The Balaban J connectivity index is 2.11. The minimum Gasteiger partial charge on any atom is -0.497 e. The van der Waals surface area contributed by atoms with Crippen molar-refractivity contribution in [3.8, 4) is 11.5 Å². The number of carbonyl (C=O) groups excluding carboxylic acids is 1. The molecule has 0 unspecified atom stereocenters. The Labute approximate surface area is 117 Å². The first kappa shape index (κ1) is 12.5. The SMILES string of the molecule is COc1ccc(N2C(=O)Cc3ccccc32)c(OC)c1. The van der Waals surface area contributed by atoms with E-state index in [0.29, 0.717) is 17.9 Å². The van der Waals surface area contributed by atoms with E-state index < -0.39 is 0 Å². The summed E-state index contributed by atoms with van der Waals surface area (Å²) in [5.41, 5.74) is 2.69. The molecule has 3 rings (SSSR count). The molecule has 0 saturated carbocycles. The number of rotatable bonds is 3. The summed E-state index contributed by atoms with van der Waals surface area (Å²) in [6.45, 7) is 0. The van der Waals surface area contributed by atoms with Gasteiger partial charge in [0.25, 0.3) is 0 Å². The molecule has 1 aliphatic heterocycles. The van der Waals surface area contributed by atoms with Crippen LogP contribution in [-0.2, 0) is 11.2 Å². The molecular formula is C16H15NO3. The van der Waals surface area contributed by atoms with Crippen LogP contribution in [0.3, 0.4) is 0 Å². The molecule has 1 heterocycles. The molecule has 0 atom stereocenters. The van der Waals surface area contributed by atoms with Crippen molar-refractivity contribution < 1.29 is 14.3 Å². The lowest BCUT2D eigenvalue weighted by atomic mass is 10.2. The zero-order chi connectivity index (χ0) is 14.1. The normalized spacial score (nSPS) is 13.3. The Kier molecular flexibility index (Phi) is 3.06. The minimum atomic E-state index is 0.0506. The van der Waals surface area contributed by atoms with Crippen LogP contribution in [0.5, 0.6) is 11.5 Å². The average molecular weight is 269 g/mol. The molecule has 0 aromatic heterocycles. The van der Waals surface area contributed by atoms with Crippen molar-refractivity contribution in [1.29, 1.82) is 0 Å². The number of hydrogen-bond acceptors (Lipinski definition) is 3. The van der Waals surface area contributed by atoms with Gasteiger partial charge in [-0.05, 0) is 23.8 Å². The molecule has 4 nitrogen and oxygen atoms in total. The van der Waals surface area contributed by atoms with E-state index in [1.165, 1.54) is 0 Å². The first-order valence-electron chi connectivity index (χ1n) is 6.37. The number of ether oxygens (including phenoxy) is 2. The smallest absolute Gasteiger partial charge is 0.236 e. The summed E-state index contributed by atoms with van der Waals surface area (Å²) in [5, 5.41) is 0. The van der Waals surface area contributed by atoms with Crippen LogP contribution in [0.15, 0.2) is 42.5 Å². The molecule has 0 spiro atoms. The van der Waals surface area contributed by atoms with Crippen LogP contribution in [0.1, 0.15) is 5.56 Å². The molecule has 1 amide bonds. The van der Waals surface area contributed by atoms with Crippen LogP contribution >= 0.6 is 0 Å². The van der Waals surface area contributed by atoms with E-state index >= 15 is 0 Å². The van der Waals surface area contributed by atoms with Gasteiger partial charge < -0.3 is 9.47 Å². The van der Waals surface area contributed by atoms with Gasteiger partial charge in [-0.3, -0.25) is 9.69 Å². The molecule has 0 bridgehead atoms. The van der Waals surface area contributed by atoms with Crippen LogP contribution in [0.2, 0.25) is 0 Å². The average Bonchev–Trinajstić information content (AvgIpc) is 2.82. The second-order valence-electron chi connectivity index (χ2n) is 4.57. The number of carbonyl (C=O) groups is 1. The molecular weight excluding hydrogens is 254 g/mol. The summed E-state index contributed by atoms with van der Waals surface area (Å²) >= 11 is 0. The Morgan fingerprint density at radius 3 is 2.55 bits per heavy atom. The Hall–Kier alpha value is -2.49. The highest BCUT2D eigenvalue weighted by atomic mass is 16.5. The van der Waals surface area contributed by atoms with Crippen LogP contribution in [0, 0.1) is 0 Å². The van der Waals surface area contributed by atoms with Gasteiger partial charge in [-0.2, -0.15) is 0 Å². The fourth-order valence-corrected chi connectivity index (χ4v) is 2.49. The van der Waals surface area contributed by atoms with Crippen molar-refractivity contribution in [2.24, 2.45) is 0 Å². The predicted molar refractivity (Wildman–Crippen MR) is 76.8 cm³/mol. The highest BCUT2D eigenvalue weighted by Crippen LogP contribution is 2.41. The van der Waals surface area contributed by atoms with E-state index in [1.54, 1.807) is 25.2 Å². The Morgan fingerprint density at radius 1 is 1.00 bits per heavy atom. The summed E-state index contributed by atoms with van der Waals surface area (Å²) in [4.78, 5) is 14.0. The fourth-order valence-electron chi connectivity index (χ4n) is 2.49. The molecule has 0 radical (unpaired) electrons. The summed E-state index contributed by atoms with van der Waals surface area (Å²) in [5.74, 6) is 1.37. The molecule has 4 heteroatoms. The zero-order valence-corrected chi connectivity index (χ0v) is 11.4. The monoisotopic (exact) mass is 269 g/mol. The highest BCUT2D eigenvalue weighted by molar-refractivity contribution is 6.08. The van der Waals surface area contributed by atoms with Gasteiger partial charge in [0.1, 0.15) is 11.5 Å². The summed E-state index contributed by atoms with van der Waals surface area (Å²) in [6, 6.07) is 13.3. The van der Waals surface area contributed by atoms with E-state index in [1.807, 2.05) is 36.4 Å². The molecule has 2 aromatic rings. The molecule has 20 heavy (non-hydrogen) atoms. The van der Waals surface area contributed by atoms with Crippen molar-refractivity contribution in [1.82, 2.24) is 0 Å². The minimum absolute atomic E-state index is 0.0506. The summed E-state index contributed by atoms with van der Waals surface area (Å²) < 4.78 is 10.6. The van der Waals surface area contributed by atoms with Crippen LogP contribution < -0.4 is 14.4 Å². The van der Waals surface area contributed by atoms with E-state index in [-0.39, 0.29) is 5.91 Å². The van der Waals surface area contributed by atoms with Crippen molar-refractivity contribution in [2.75, 3.05) is 19.1 Å². The van der Waals surface area contributed by atoms with Gasteiger partial charge in [0, 0.05) is 6.07 Å². The number of fused-ring (bicyclic) bond motifs is 1. The van der Waals surface area contributed by atoms with E-state index in [9.17, 15) is 4.79 Å². The van der Waals surface area contributed by atoms with Gasteiger partial charge in [-0.25, -0.2) is 0 Å². The summed E-state index contributed by atoms with van der Waals surface area (Å²) in [6.07, 6.45) is 0.422. The number of anilines is 2. The van der Waals surface area contributed by atoms with Gasteiger partial charge in [-0.15, -0.1) is 0 Å². The van der Waals surface area contributed by atoms with E-state index in [2.05, 4.69) is 0 Å². The van der Waals surface area contributed by atoms with Crippen molar-refractivity contribution >= 4 is 17.3 Å². The first-order valence-corrected chi connectivity index (χ1v) is 6.37. The van der Waals surface area contributed by atoms with Crippen molar-refractivity contribution in [2.45, 2.75) is 6.42 Å². The summed E-state index contributed by atoms with van der Waals surface area (Å²) in [7, 11) is 3.19. The number of benzene rings is 2. The quantitative estimate of drug-likeness (QED) is 0.860. The van der Waals surface area contributed by atoms with Gasteiger partial charge in [-0.1, -0.05) is 18.2 Å². The highest BCUT2D eigenvalue weighted by Gasteiger charge is 2.30.